The zero-order valence-electron chi connectivity index (χ0n) is 16.2. The molecule has 0 amide bonds. The van der Waals surface area contributed by atoms with Crippen LogP contribution in [0.4, 0.5) is 0 Å². The van der Waals surface area contributed by atoms with Crippen LogP contribution < -0.4 is 0 Å². The van der Waals surface area contributed by atoms with E-state index < -0.39 is 23.4 Å². The minimum absolute atomic E-state index is 0.0291. The quantitative estimate of drug-likeness (QED) is 0.724. The Morgan fingerprint density at radius 3 is 2.78 bits per heavy atom. The van der Waals surface area contributed by atoms with Gasteiger partial charge in [-0.25, -0.2) is 0 Å². The monoisotopic (exact) mass is 372 g/mol. The van der Waals surface area contributed by atoms with Crippen LogP contribution in [0.25, 0.3) is 0 Å². The lowest BCUT2D eigenvalue weighted by Crippen LogP contribution is -2.62. The molecule has 1 saturated heterocycles. The first-order chi connectivity index (χ1) is 12.6. The summed E-state index contributed by atoms with van der Waals surface area (Å²) in [5.41, 5.74) is -1.55. The van der Waals surface area contributed by atoms with Crippen LogP contribution in [0.3, 0.4) is 0 Å². The minimum Gasteiger partial charge on any atom is -0.388 e. The van der Waals surface area contributed by atoms with Crippen molar-refractivity contribution >= 4 is 11.6 Å². The maximum absolute atomic E-state index is 12.6. The zero-order chi connectivity index (χ0) is 19.4. The number of allylic oxidation sites excluding steroid dienone is 2. The Morgan fingerprint density at radius 1 is 1.33 bits per heavy atom. The number of epoxide rings is 1. The maximum Gasteiger partial charge on any atom is 0.190 e. The van der Waals surface area contributed by atoms with Crippen molar-refractivity contribution in [3.63, 3.8) is 0 Å². The zero-order valence-corrected chi connectivity index (χ0v) is 16.2. The molecule has 4 aliphatic carbocycles. The van der Waals surface area contributed by atoms with Crippen molar-refractivity contribution in [3.05, 3.63) is 23.8 Å². The van der Waals surface area contributed by atoms with Gasteiger partial charge in [0.25, 0.3) is 0 Å². The van der Waals surface area contributed by atoms with E-state index in [1.54, 1.807) is 12.2 Å². The van der Waals surface area contributed by atoms with Crippen molar-refractivity contribution in [1.29, 1.82) is 0 Å². The molecule has 1 heterocycles. The summed E-state index contributed by atoms with van der Waals surface area (Å²) in [5.74, 6) is -0.193. The fourth-order valence-electron chi connectivity index (χ4n) is 7.70. The van der Waals surface area contributed by atoms with Crippen LogP contribution >= 0.6 is 0 Å². The Kier molecular flexibility index (Phi) is 3.29. The topological polar surface area (TPSA) is 87.1 Å². The summed E-state index contributed by atoms with van der Waals surface area (Å²) in [5, 5.41) is 21.0. The number of aliphatic hydroxyl groups is 2. The molecule has 27 heavy (non-hydrogen) atoms. The molecular formula is C22H28O5. The molecule has 0 aromatic rings. The highest BCUT2D eigenvalue weighted by molar-refractivity contribution is 6.01. The molecule has 5 rings (SSSR count). The molecule has 1 aliphatic heterocycles. The molecular weight excluding hydrogens is 344 g/mol. The Morgan fingerprint density at radius 2 is 2.07 bits per heavy atom. The normalized spacial score (nSPS) is 55.1. The molecule has 3 saturated carbocycles. The molecule has 0 aromatic carbocycles. The van der Waals surface area contributed by atoms with Crippen molar-refractivity contribution < 1.29 is 24.5 Å². The first kappa shape index (κ1) is 17.8. The number of fused-ring (bicyclic) bond motifs is 3. The number of rotatable bonds is 2. The predicted molar refractivity (Wildman–Crippen MR) is 97.7 cm³/mol. The van der Waals surface area contributed by atoms with E-state index in [4.69, 9.17) is 4.74 Å². The Balaban J connectivity index is 1.60. The second-order valence-corrected chi connectivity index (χ2v) is 9.86. The van der Waals surface area contributed by atoms with Gasteiger partial charge in [-0.1, -0.05) is 25.5 Å². The predicted octanol–water partition coefficient (Wildman–Crippen LogP) is 1.96. The summed E-state index contributed by atoms with van der Waals surface area (Å²) in [6, 6.07) is 0. The number of ether oxygens (including phenoxy) is 1. The molecule has 2 N–H and O–H groups in total. The molecule has 0 radical (unpaired) electrons. The summed E-state index contributed by atoms with van der Waals surface area (Å²) < 4.78 is 6.43. The first-order valence-corrected chi connectivity index (χ1v) is 10.1. The van der Waals surface area contributed by atoms with Crippen LogP contribution in [0.5, 0.6) is 0 Å². The largest absolute Gasteiger partial charge is 0.388 e. The SMILES string of the molecule is C[C@@H]1C[C@H]2[C@@H]3CCC4=CC(=O)C=C[C@]4(C)[C@@]34O[C@H]4C[C@]2(C)[C@@]1(O)C(=O)CO. The van der Waals surface area contributed by atoms with Gasteiger partial charge in [0.05, 0.1) is 6.10 Å². The first-order valence-electron chi connectivity index (χ1n) is 10.1. The summed E-state index contributed by atoms with van der Waals surface area (Å²) >= 11 is 0. The Bertz CT molecular complexity index is 814. The second kappa shape index (κ2) is 5.00. The van der Waals surface area contributed by atoms with Gasteiger partial charge >= 0.3 is 0 Å². The van der Waals surface area contributed by atoms with Crippen molar-refractivity contribution in [3.8, 4) is 0 Å². The molecule has 0 bridgehead atoms. The lowest BCUT2D eigenvalue weighted by molar-refractivity contribution is -0.165. The highest BCUT2D eigenvalue weighted by atomic mass is 16.6. The summed E-state index contributed by atoms with van der Waals surface area (Å²) in [4.78, 5) is 24.5. The maximum atomic E-state index is 12.6. The van der Waals surface area contributed by atoms with E-state index in [9.17, 15) is 19.8 Å². The van der Waals surface area contributed by atoms with E-state index in [1.165, 1.54) is 0 Å². The molecule has 5 nitrogen and oxygen atoms in total. The molecule has 5 heteroatoms. The van der Waals surface area contributed by atoms with Crippen molar-refractivity contribution in [2.24, 2.45) is 28.6 Å². The second-order valence-electron chi connectivity index (χ2n) is 9.86. The van der Waals surface area contributed by atoms with Crippen molar-refractivity contribution in [2.45, 2.75) is 63.8 Å². The average Bonchev–Trinajstić information content (AvgIpc) is 3.31. The van der Waals surface area contributed by atoms with E-state index in [1.807, 2.05) is 19.9 Å². The van der Waals surface area contributed by atoms with Crippen LogP contribution in [0.2, 0.25) is 0 Å². The van der Waals surface area contributed by atoms with Gasteiger partial charge in [0.2, 0.25) is 0 Å². The van der Waals surface area contributed by atoms with E-state index in [0.717, 1.165) is 24.8 Å². The number of aliphatic hydroxyl groups excluding tert-OH is 1. The highest BCUT2D eigenvalue weighted by Gasteiger charge is 2.81. The Hall–Kier alpha value is -1.30. The smallest absolute Gasteiger partial charge is 0.190 e. The van der Waals surface area contributed by atoms with Gasteiger partial charge in [-0.05, 0) is 62.5 Å². The number of Topliss-reactive ketones (excluding diaryl/α,β-unsaturated/α-hetero) is 1. The average molecular weight is 372 g/mol. The third-order valence-electron chi connectivity index (χ3n) is 9.08. The van der Waals surface area contributed by atoms with Crippen molar-refractivity contribution in [2.75, 3.05) is 6.61 Å². The highest BCUT2D eigenvalue weighted by Crippen LogP contribution is 2.76. The molecule has 8 atom stereocenters. The fourth-order valence-corrected chi connectivity index (χ4v) is 7.70. The fraction of sp³-hybridized carbons (Fsp3) is 0.727. The molecule has 5 aliphatic rings. The van der Waals surface area contributed by atoms with E-state index in [0.29, 0.717) is 6.42 Å². The lowest BCUT2D eigenvalue weighted by atomic mass is 9.46. The van der Waals surface area contributed by atoms with Gasteiger partial charge in [-0.3, -0.25) is 9.59 Å². The molecule has 4 fully saturated rings. The standard InChI is InChI=1S/C22H28O5/c1-12-8-16-15-5-4-13-9-14(24)6-7-19(13,2)22(15)18(27-22)10-20(16,3)21(12,26)17(25)11-23/h6-7,9,12,15-16,18,23,26H,4-5,8,10-11H2,1-3H3/t12-,15+,16+,18+,19+,20+,21+,22-/m1/s1. The van der Waals surface area contributed by atoms with Crippen LogP contribution in [0.1, 0.15) is 46.5 Å². The lowest BCUT2D eigenvalue weighted by Gasteiger charge is -2.55. The van der Waals surface area contributed by atoms with Crippen LogP contribution in [0, 0.1) is 28.6 Å². The van der Waals surface area contributed by atoms with E-state index >= 15 is 0 Å². The van der Waals surface area contributed by atoms with E-state index in [2.05, 4.69) is 6.92 Å². The summed E-state index contributed by atoms with van der Waals surface area (Å²) in [6.07, 6.45) is 8.58. The number of carbonyl (C=O) groups is 2. The van der Waals surface area contributed by atoms with Crippen LogP contribution in [-0.4, -0.2) is 45.7 Å². The summed E-state index contributed by atoms with van der Waals surface area (Å²) in [7, 11) is 0. The third-order valence-corrected chi connectivity index (χ3v) is 9.08. The number of carbonyl (C=O) groups excluding carboxylic acids is 2. The summed E-state index contributed by atoms with van der Waals surface area (Å²) in [6.45, 7) is 5.51. The molecule has 146 valence electrons. The van der Waals surface area contributed by atoms with E-state index in [-0.39, 0.29) is 40.7 Å². The molecule has 0 unspecified atom stereocenters. The number of ketones is 2. The third kappa shape index (κ3) is 1.73. The van der Waals surface area contributed by atoms with Gasteiger partial charge in [0, 0.05) is 10.8 Å². The molecule has 0 aromatic heterocycles. The number of hydrogen-bond acceptors (Lipinski definition) is 5. The van der Waals surface area contributed by atoms with Gasteiger partial charge in [-0.2, -0.15) is 0 Å². The van der Waals surface area contributed by atoms with Crippen LogP contribution in [-0.2, 0) is 14.3 Å². The van der Waals surface area contributed by atoms with Gasteiger partial charge in [0.15, 0.2) is 11.6 Å². The minimum atomic E-state index is -1.50. The van der Waals surface area contributed by atoms with Crippen molar-refractivity contribution in [1.82, 2.24) is 0 Å². The Labute approximate surface area is 159 Å². The van der Waals surface area contributed by atoms with Crippen LogP contribution in [0.15, 0.2) is 23.8 Å². The van der Waals surface area contributed by atoms with Gasteiger partial charge in [0.1, 0.15) is 17.8 Å². The number of hydrogen-bond donors (Lipinski definition) is 2. The van der Waals surface area contributed by atoms with Gasteiger partial charge < -0.3 is 14.9 Å². The molecule has 1 spiro atoms. The van der Waals surface area contributed by atoms with Gasteiger partial charge in [-0.15, -0.1) is 0 Å².